The van der Waals surface area contributed by atoms with Crippen LogP contribution in [0.25, 0.3) is 0 Å². The van der Waals surface area contributed by atoms with Crippen molar-refractivity contribution in [2.45, 2.75) is 51.5 Å². The molecule has 30 heavy (non-hydrogen) atoms. The molecule has 2 aromatic carbocycles. The number of aryl methyl sites for hydroxylation is 1. The highest BCUT2D eigenvalue weighted by Gasteiger charge is 2.27. The molecule has 0 aromatic heterocycles. The number of carbonyl (C=O) groups is 2. The Labute approximate surface area is 178 Å². The molecule has 2 aliphatic rings. The Morgan fingerprint density at radius 1 is 1.00 bits per heavy atom. The summed E-state index contributed by atoms with van der Waals surface area (Å²) < 4.78 is 0. The molecule has 4 rings (SSSR count). The van der Waals surface area contributed by atoms with E-state index in [-0.39, 0.29) is 17.9 Å². The number of amides is 2. The molecule has 2 aromatic rings. The minimum Gasteiger partial charge on any atom is -0.384 e. The number of hydrogen-bond donors (Lipinski definition) is 3. The molecule has 2 amide bonds. The maximum absolute atomic E-state index is 13.0. The van der Waals surface area contributed by atoms with Crippen molar-refractivity contribution >= 4 is 17.5 Å². The van der Waals surface area contributed by atoms with Crippen molar-refractivity contribution in [1.82, 2.24) is 10.6 Å². The summed E-state index contributed by atoms with van der Waals surface area (Å²) in [6.45, 7) is 3.27. The quantitative estimate of drug-likeness (QED) is 0.678. The number of hydrogen-bond acceptors (Lipinski definition) is 3. The Morgan fingerprint density at radius 2 is 1.77 bits per heavy atom. The van der Waals surface area contributed by atoms with Crippen LogP contribution in [0.5, 0.6) is 0 Å². The van der Waals surface area contributed by atoms with E-state index in [0.717, 1.165) is 37.1 Å². The highest BCUT2D eigenvalue weighted by Crippen LogP contribution is 2.28. The lowest BCUT2D eigenvalue weighted by Crippen LogP contribution is -2.48. The summed E-state index contributed by atoms with van der Waals surface area (Å²) in [5.41, 5.74) is 4.51. The average molecular weight is 406 g/mol. The number of para-hydroxylation sites is 1. The van der Waals surface area contributed by atoms with E-state index in [0.29, 0.717) is 23.6 Å². The van der Waals surface area contributed by atoms with Crippen LogP contribution in [0, 0.1) is 12.8 Å². The Bertz CT molecular complexity index is 918. The highest BCUT2D eigenvalue weighted by molar-refractivity contribution is 6.01. The molecule has 1 unspecified atom stereocenters. The SMILES string of the molecule is Cc1ccccc1C(=O)NC(CNC(=O)c1cccc2c1NCC2)C1CCCCC1. The Balaban J connectivity index is 1.46. The smallest absolute Gasteiger partial charge is 0.253 e. The molecular formula is C25H31N3O2. The first-order valence-corrected chi connectivity index (χ1v) is 11.1. The van der Waals surface area contributed by atoms with Gasteiger partial charge in [0.1, 0.15) is 0 Å². The van der Waals surface area contributed by atoms with E-state index < -0.39 is 0 Å². The third-order valence-electron chi connectivity index (χ3n) is 6.50. The van der Waals surface area contributed by atoms with Crippen molar-refractivity contribution in [2.75, 3.05) is 18.4 Å². The van der Waals surface area contributed by atoms with Crippen molar-refractivity contribution in [1.29, 1.82) is 0 Å². The second-order valence-corrected chi connectivity index (χ2v) is 8.52. The second-order valence-electron chi connectivity index (χ2n) is 8.52. The molecule has 1 saturated carbocycles. The second kappa shape index (κ2) is 9.33. The highest BCUT2D eigenvalue weighted by atomic mass is 16.2. The molecule has 0 bridgehead atoms. The zero-order chi connectivity index (χ0) is 20.9. The lowest BCUT2D eigenvalue weighted by atomic mass is 9.83. The number of rotatable bonds is 6. The van der Waals surface area contributed by atoms with Gasteiger partial charge in [-0.25, -0.2) is 0 Å². The normalized spacial score (nSPS) is 17.0. The molecule has 3 N–H and O–H groups in total. The Kier molecular flexibility index (Phi) is 6.36. The summed E-state index contributed by atoms with van der Waals surface area (Å²) in [6, 6.07) is 13.5. The molecule has 5 nitrogen and oxygen atoms in total. The van der Waals surface area contributed by atoms with Crippen LogP contribution in [0.1, 0.15) is 63.9 Å². The maximum atomic E-state index is 13.0. The van der Waals surface area contributed by atoms with Gasteiger partial charge in [-0.1, -0.05) is 49.6 Å². The lowest BCUT2D eigenvalue weighted by Gasteiger charge is -2.31. The summed E-state index contributed by atoms with van der Waals surface area (Å²) in [5, 5.41) is 9.67. The first-order chi connectivity index (χ1) is 14.6. The first-order valence-electron chi connectivity index (χ1n) is 11.1. The van der Waals surface area contributed by atoms with Crippen LogP contribution in [-0.4, -0.2) is 30.9 Å². The van der Waals surface area contributed by atoms with E-state index in [1.165, 1.54) is 24.8 Å². The predicted octanol–water partition coefficient (Wildman–Crippen LogP) is 4.07. The Hall–Kier alpha value is -2.82. The van der Waals surface area contributed by atoms with E-state index in [4.69, 9.17) is 0 Å². The predicted molar refractivity (Wildman–Crippen MR) is 120 cm³/mol. The van der Waals surface area contributed by atoms with Crippen LogP contribution in [-0.2, 0) is 6.42 Å². The van der Waals surface area contributed by atoms with Crippen LogP contribution in [0.15, 0.2) is 42.5 Å². The van der Waals surface area contributed by atoms with Gasteiger partial charge in [-0.2, -0.15) is 0 Å². The first kappa shape index (κ1) is 20.5. The molecule has 1 aliphatic carbocycles. The van der Waals surface area contributed by atoms with Crippen LogP contribution in [0.2, 0.25) is 0 Å². The van der Waals surface area contributed by atoms with Gasteiger partial charge in [-0.15, -0.1) is 0 Å². The average Bonchev–Trinajstić information content (AvgIpc) is 3.26. The van der Waals surface area contributed by atoms with Gasteiger partial charge in [0.05, 0.1) is 11.3 Å². The molecule has 0 spiro atoms. The van der Waals surface area contributed by atoms with Crippen molar-refractivity contribution in [3.05, 3.63) is 64.7 Å². The maximum Gasteiger partial charge on any atom is 0.253 e. The van der Waals surface area contributed by atoms with E-state index >= 15 is 0 Å². The van der Waals surface area contributed by atoms with E-state index in [9.17, 15) is 9.59 Å². The summed E-state index contributed by atoms with van der Waals surface area (Å²) >= 11 is 0. The van der Waals surface area contributed by atoms with Gasteiger partial charge in [0, 0.05) is 24.7 Å². The van der Waals surface area contributed by atoms with Gasteiger partial charge < -0.3 is 16.0 Å². The van der Waals surface area contributed by atoms with Crippen LogP contribution in [0.4, 0.5) is 5.69 Å². The molecule has 0 saturated heterocycles. The zero-order valence-corrected chi connectivity index (χ0v) is 17.7. The standard InChI is InChI=1S/C25H31N3O2/c1-17-8-5-6-12-20(17)25(30)28-22(18-9-3-2-4-10-18)16-27-24(29)21-13-7-11-19-14-15-26-23(19)21/h5-8,11-13,18,22,26H,2-4,9-10,14-16H2,1H3,(H,27,29)(H,28,30). The zero-order valence-electron chi connectivity index (χ0n) is 17.7. The lowest BCUT2D eigenvalue weighted by molar-refractivity contribution is 0.0882. The van der Waals surface area contributed by atoms with Crippen LogP contribution in [0.3, 0.4) is 0 Å². The minimum absolute atomic E-state index is 0.0554. The third-order valence-corrected chi connectivity index (χ3v) is 6.50. The monoisotopic (exact) mass is 405 g/mol. The molecule has 5 heteroatoms. The van der Waals surface area contributed by atoms with Crippen LogP contribution >= 0.6 is 0 Å². The minimum atomic E-state index is -0.0767. The van der Waals surface area contributed by atoms with Gasteiger partial charge in [-0.05, 0) is 55.4 Å². The largest absolute Gasteiger partial charge is 0.384 e. The molecule has 158 valence electrons. The molecular weight excluding hydrogens is 374 g/mol. The fourth-order valence-corrected chi connectivity index (χ4v) is 4.77. The number of nitrogens with one attached hydrogen (secondary N) is 3. The van der Waals surface area contributed by atoms with Crippen molar-refractivity contribution in [2.24, 2.45) is 5.92 Å². The van der Waals surface area contributed by atoms with Crippen molar-refractivity contribution < 1.29 is 9.59 Å². The molecule has 1 aliphatic heterocycles. The van der Waals surface area contributed by atoms with Crippen molar-refractivity contribution in [3.8, 4) is 0 Å². The Morgan fingerprint density at radius 3 is 2.57 bits per heavy atom. The fraction of sp³-hybridized carbons (Fsp3) is 0.440. The number of anilines is 1. The van der Waals surface area contributed by atoms with Gasteiger partial charge in [-0.3, -0.25) is 9.59 Å². The van der Waals surface area contributed by atoms with Gasteiger partial charge >= 0.3 is 0 Å². The number of benzene rings is 2. The van der Waals surface area contributed by atoms with Gasteiger partial charge in [0.15, 0.2) is 0 Å². The summed E-state index contributed by atoms with van der Waals surface area (Å²) in [4.78, 5) is 25.9. The van der Waals surface area contributed by atoms with Gasteiger partial charge in [0.25, 0.3) is 11.8 Å². The number of carbonyl (C=O) groups excluding carboxylic acids is 2. The fourth-order valence-electron chi connectivity index (χ4n) is 4.77. The van der Waals surface area contributed by atoms with Gasteiger partial charge in [0.2, 0.25) is 0 Å². The number of fused-ring (bicyclic) bond motifs is 1. The molecule has 1 fully saturated rings. The molecule has 0 radical (unpaired) electrons. The molecule has 1 heterocycles. The summed E-state index contributed by atoms with van der Waals surface area (Å²) in [6.07, 6.45) is 6.77. The topological polar surface area (TPSA) is 70.2 Å². The summed E-state index contributed by atoms with van der Waals surface area (Å²) in [5.74, 6) is 0.263. The van der Waals surface area contributed by atoms with Crippen molar-refractivity contribution in [3.63, 3.8) is 0 Å². The third kappa shape index (κ3) is 4.50. The van der Waals surface area contributed by atoms with E-state index in [1.807, 2.05) is 43.3 Å². The van der Waals surface area contributed by atoms with Crippen LogP contribution < -0.4 is 16.0 Å². The molecule has 1 atom stereocenters. The summed E-state index contributed by atoms with van der Waals surface area (Å²) in [7, 11) is 0. The van der Waals surface area contributed by atoms with E-state index in [1.54, 1.807) is 0 Å². The van der Waals surface area contributed by atoms with E-state index in [2.05, 4.69) is 22.0 Å².